The average Bonchev–Trinajstić information content (AvgIpc) is 3.02. The van der Waals surface area contributed by atoms with Crippen LogP contribution in [0.3, 0.4) is 0 Å². The summed E-state index contributed by atoms with van der Waals surface area (Å²) >= 11 is -2.86. The van der Waals surface area contributed by atoms with E-state index in [4.69, 9.17) is 21.3 Å². The number of hydrogen-bond donors (Lipinski definition) is 0. The quantitative estimate of drug-likeness (QED) is 0.182. The first-order chi connectivity index (χ1) is 20.6. The van der Waals surface area contributed by atoms with Crippen molar-refractivity contribution in [3.05, 3.63) is 139 Å². The first-order valence-corrected chi connectivity index (χ1v) is 15.3. The summed E-state index contributed by atoms with van der Waals surface area (Å²) in [7, 11) is 0. The number of pyridine rings is 2. The zero-order chi connectivity index (χ0) is 28.5. The molecule has 0 aliphatic heterocycles. The average molecular weight is 563 g/mol. The van der Waals surface area contributed by atoms with Crippen molar-refractivity contribution in [1.82, 2.24) is 9.97 Å². The van der Waals surface area contributed by atoms with Gasteiger partial charge in [0.25, 0.3) is 0 Å². The number of aromatic nitrogens is 2. The van der Waals surface area contributed by atoms with Crippen LogP contribution >= 0.6 is 0 Å². The Hall–Kier alpha value is -4.89. The molecule has 0 unspecified atom stereocenters. The van der Waals surface area contributed by atoms with Gasteiger partial charge in [0.2, 0.25) is 0 Å². The molecule has 0 saturated heterocycles. The molecular weight excluding hydrogens is 535 g/mol. The molecule has 5 aromatic carbocycles. The first kappa shape index (κ1) is 26.0. The lowest BCUT2D eigenvalue weighted by Gasteiger charge is -2.18. The van der Waals surface area contributed by atoms with Gasteiger partial charge in [0.05, 0.1) is 5.75 Å². The fraction of sp³-hybridized carbons (Fsp3) is 0.0556. The SMILES string of the molecule is Cc1ccc2cccc([O][Al]([O]c3ccc(-c4ccc5ccccc5c4)cc3)[O]c3cccc4ccc(C)nc34)c2n1. The lowest BCUT2D eigenvalue weighted by Crippen LogP contribution is -2.37. The summed E-state index contributed by atoms with van der Waals surface area (Å²) in [5.74, 6) is 1.93. The van der Waals surface area contributed by atoms with Gasteiger partial charge in [-0.1, -0.05) is 84.9 Å². The van der Waals surface area contributed by atoms with Gasteiger partial charge >= 0.3 is 15.1 Å². The second-order valence-corrected chi connectivity index (χ2v) is 11.6. The van der Waals surface area contributed by atoms with Crippen LogP contribution in [-0.4, -0.2) is 25.1 Å². The van der Waals surface area contributed by atoms with E-state index in [1.807, 2.05) is 86.6 Å². The molecule has 6 heteroatoms. The Morgan fingerprint density at radius 3 is 1.60 bits per heavy atom. The van der Waals surface area contributed by atoms with Gasteiger partial charge in [0.1, 0.15) is 22.5 Å². The van der Waals surface area contributed by atoms with E-state index in [2.05, 4.69) is 54.6 Å². The molecule has 7 rings (SSSR count). The molecule has 0 radical (unpaired) electrons. The van der Waals surface area contributed by atoms with E-state index < -0.39 is 15.1 Å². The molecule has 42 heavy (non-hydrogen) atoms. The Bertz CT molecular complexity index is 1970. The predicted molar refractivity (Wildman–Crippen MR) is 170 cm³/mol. The van der Waals surface area contributed by atoms with E-state index in [1.165, 1.54) is 10.8 Å². The maximum atomic E-state index is 6.54. The molecule has 0 spiro atoms. The Labute approximate surface area is 249 Å². The van der Waals surface area contributed by atoms with Gasteiger partial charge in [-0.25, -0.2) is 9.97 Å². The van der Waals surface area contributed by atoms with Crippen molar-refractivity contribution in [2.24, 2.45) is 0 Å². The number of hydrogen-bond acceptors (Lipinski definition) is 5. The van der Waals surface area contributed by atoms with E-state index in [0.29, 0.717) is 17.2 Å². The van der Waals surface area contributed by atoms with Crippen molar-refractivity contribution in [1.29, 1.82) is 0 Å². The highest BCUT2D eigenvalue weighted by atomic mass is 27.3. The van der Waals surface area contributed by atoms with Crippen LogP contribution in [0, 0.1) is 13.8 Å². The van der Waals surface area contributed by atoms with Crippen molar-refractivity contribution in [3.63, 3.8) is 0 Å². The summed E-state index contributed by atoms with van der Waals surface area (Å²) in [6.45, 7) is 3.94. The normalized spacial score (nSPS) is 11.1. The second-order valence-electron chi connectivity index (χ2n) is 10.3. The molecule has 0 aliphatic carbocycles. The topological polar surface area (TPSA) is 53.5 Å². The van der Waals surface area contributed by atoms with Crippen LogP contribution in [0.5, 0.6) is 17.2 Å². The molecule has 2 heterocycles. The summed E-state index contributed by atoms with van der Waals surface area (Å²) in [6.07, 6.45) is 0. The highest BCUT2D eigenvalue weighted by molar-refractivity contribution is 6.40. The van der Waals surface area contributed by atoms with Crippen LogP contribution in [0.15, 0.2) is 127 Å². The third-order valence-electron chi connectivity index (χ3n) is 7.26. The fourth-order valence-corrected chi connectivity index (χ4v) is 6.43. The number of nitrogens with zero attached hydrogens (tertiary/aromatic N) is 2. The smallest absolute Gasteiger partial charge is 0.577 e. The summed E-state index contributed by atoms with van der Waals surface area (Å²) in [6, 6.07) is 42.8. The van der Waals surface area contributed by atoms with Gasteiger partial charge in [0, 0.05) is 22.2 Å². The molecule has 202 valence electrons. The van der Waals surface area contributed by atoms with Crippen LogP contribution < -0.4 is 11.4 Å². The Balaban J connectivity index is 1.22. The van der Waals surface area contributed by atoms with Gasteiger partial charge < -0.3 is 11.4 Å². The predicted octanol–water partition coefficient (Wildman–Crippen LogP) is 8.74. The van der Waals surface area contributed by atoms with E-state index in [9.17, 15) is 0 Å². The van der Waals surface area contributed by atoms with E-state index >= 15 is 0 Å². The minimum atomic E-state index is -2.86. The maximum Gasteiger partial charge on any atom is 1.20 e. The first-order valence-electron chi connectivity index (χ1n) is 13.9. The Morgan fingerprint density at radius 1 is 0.452 bits per heavy atom. The van der Waals surface area contributed by atoms with E-state index in [-0.39, 0.29) is 0 Å². The fourth-order valence-electron chi connectivity index (χ4n) is 5.11. The van der Waals surface area contributed by atoms with Crippen LogP contribution in [0.4, 0.5) is 0 Å². The molecule has 0 amide bonds. The molecule has 0 saturated carbocycles. The van der Waals surface area contributed by atoms with Crippen molar-refractivity contribution >= 4 is 47.7 Å². The van der Waals surface area contributed by atoms with E-state index in [0.717, 1.165) is 44.3 Å². The largest absolute Gasteiger partial charge is 1.20 e. The lowest BCUT2D eigenvalue weighted by molar-refractivity contribution is 0.310. The van der Waals surface area contributed by atoms with Gasteiger partial charge in [0.15, 0.2) is 0 Å². The highest BCUT2D eigenvalue weighted by Crippen LogP contribution is 2.30. The van der Waals surface area contributed by atoms with Crippen molar-refractivity contribution in [2.75, 3.05) is 0 Å². The van der Waals surface area contributed by atoms with Gasteiger partial charge in [-0.2, -0.15) is 0 Å². The summed E-state index contributed by atoms with van der Waals surface area (Å²) in [5.41, 5.74) is 5.64. The molecule has 7 aromatic rings. The number of para-hydroxylation sites is 2. The van der Waals surface area contributed by atoms with Crippen molar-refractivity contribution in [3.8, 4) is 28.4 Å². The Kier molecular flexibility index (Phi) is 6.93. The minimum absolute atomic E-state index is 0.630. The molecule has 0 atom stereocenters. The van der Waals surface area contributed by atoms with Crippen molar-refractivity contribution in [2.45, 2.75) is 13.8 Å². The third kappa shape index (κ3) is 5.38. The molecule has 0 bridgehead atoms. The second kappa shape index (κ2) is 11.2. The molecular formula is C36H27AlN2O3. The summed E-state index contributed by atoms with van der Waals surface area (Å²) < 4.78 is 19.6. The molecule has 0 fully saturated rings. The standard InChI is InChI=1S/C16H12O.2C10H9NO.Al/c17-16-9-7-13(8-10-16)15-6-5-12-3-1-2-4-14(12)11-15;2*1-7-5-6-8-3-2-4-9(12)10(8)11-7;/h1-11,17H;2*2-6,12H,1H3;/q;;;+3/p-3. The van der Waals surface area contributed by atoms with Gasteiger partial charge in [-0.3, -0.25) is 0 Å². The zero-order valence-corrected chi connectivity index (χ0v) is 24.5. The third-order valence-corrected chi connectivity index (χ3v) is 8.62. The zero-order valence-electron chi connectivity index (χ0n) is 23.3. The van der Waals surface area contributed by atoms with Gasteiger partial charge in [-0.05, 0) is 78.2 Å². The molecule has 0 N–H and O–H groups in total. The Morgan fingerprint density at radius 2 is 0.976 bits per heavy atom. The number of fused-ring (bicyclic) bond motifs is 3. The van der Waals surface area contributed by atoms with Crippen molar-refractivity contribution < 1.29 is 11.4 Å². The van der Waals surface area contributed by atoms with Crippen LogP contribution in [0.25, 0.3) is 43.7 Å². The number of rotatable bonds is 7. The van der Waals surface area contributed by atoms with Crippen LogP contribution in [0.1, 0.15) is 11.4 Å². The van der Waals surface area contributed by atoms with E-state index in [1.54, 1.807) is 0 Å². The molecule has 5 nitrogen and oxygen atoms in total. The number of benzene rings is 5. The number of aryl methyl sites for hydroxylation is 2. The lowest BCUT2D eigenvalue weighted by atomic mass is 10.0. The van der Waals surface area contributed by atoms with Gasteiger partial charge in [-0.15, -0.1) is 0 Å². The van der Waals surface area contributed by atoms with Crippen LogP contribution in [0.2, 0.25) is 0 Å². The summed E-state index contributed by atoms with van der Waals surface area (Å²) in [5, 5.41) is 4.42. The monoisotopic (exact) mass is 562 g/mol. The molecule has 2 aromatic heterocycles. The van der Waals surface area contributed by atoms with Crippen LogP contribution in [-0.2, 0) is 0 Å². The maximum absolute atomic E-state index is 6.54. The minimum Gasteiger partial charge on any atom is -0.577 e. The highest BCUT2D eigenvalue weighted by Gasteiger charge is 2.45. The molecule has 0 aliphatic rings. The summed E-state index contributed by atoms with van der Waals surface area (Å²) in [4.78, 5) is 9.49.